The summed E-state index contributed by atoms with van der Waals surface area (Å²) in [5.74, 6) is -2.51. The van der Waals surface area contributed by atoms with E-state index in [1.807, 2.05) is 0 Å². The minimum atomic E-state index is -4.27. The van der Waals surface area contributed by atoms with Crippen LogP contribution in [0.1, 0.15) is 12.5 Å². The predicted octanol–water partition coefficient (Wildman–Crippen LogP) is 0.541. The highest BCUT2D eigenvalue weighted by Gasteiger charge is 2.12. The summed E-state index contributed by atoms with van der Waals surface area (Å²) in [6, 6.07) is 1.27. The Morgan fingerprint density at radius 1 is 1.61 bits per heavy atom. The first-order chi connectivity index (χ1) is 8.29. The molecule has 9 heteroatoms. The first kappa shape index (κ1) is 14.5. The smallest absolute Gasteiger partial charge is 0.289 e. The molecule has 0 aliphatic heterocycles. The molecule has 1 aromatic heterocycles. The molecule has 0 spiro atoms. The molecule has 0 unspecified atom stereocenters. The average molecular weight is 278 g/mol. The Kier molecular flexibility index (Phi) is 4.70. The molecule has 100 valence electrons. The Hall–Kier alpha value is -1.58. The number of pyridine rings is 1. The highest BCUT2D eigenvalue weighted by molar-refractivity contribution is 7.85. The molecule has 2 N–H and O–H groups in total. The van der Waals surface area contributed by atoms with Crippen molar-refractivity contribution in [1.82, 2.24) is 4.98 Å². The van der Waals surface area contributed by atoms with Crippen LogP contribution in [0.4, 0.5) is 10.2 Å². The number of carbonyl (C=O) groups excluding carboxylic acids is 1. The topological polar surface area (TPSA) is 106 Å². The first-order valence-corrected chi connectivity index (χ1v) is 6.34. The van der Waals surface area contributed by atoms with E-state index in [-0.39, 0.29) is 18.0 Å². The molecule has 1 heterocycles. The van der Waals surface area contributed by atoms with Gasteiger partial charge in [-0.1, -0.05) is 0 Å². The fraction of sp³-hybridized carbons (Fsp3) is 0.333. The Balaban J connectivity index is 2.75. The van der Waals surface area contributed by atoms with Crippen molar-refractivity contribution in [2.75, 3.05) is 11.3 Å². The van der Waals surface area contributed by atoms with Crippen molar-refractivity contribution in [2.45, 2.75) is 13.5 Å². The fourth-order valence-electron chi connectivity index (χ4n) is 1.11. The Morgan fingerprint density at radius 2 is 2.28 bits per heavy atom. The van der Waals surface area contributed by atoms with Crippen molar-refractivity contribution in [3.05, 3.63) is 23.6 Å². The van der Waals surface area contributed by atoms with Crippen LogP contribution in [-0.2, 0) is 26.3 Å². The molecule has 0 radical (unpaired) electrons. The Labute approximate surface area is 103 Å². The number of carbonyl (C=O) groups is 1. The van der Waals surface area contributed by atoms with Gasteiger partial charge in [0.05, 0.1) is 6.61 Å². The molecule has 7 nitrogen and oxygen atoms in total. The number of anilines is 1. The third-order valence-electron chi connectivity index (χ3n) is 1.75. The van der Waals surface area contributed by atoms with Crippen molar-refractivity contribution in [1.29, 1.82) is 0 Å². The largest absolute Gasteiger partial charge is 0.358 e. The maximum absolute atomic E-state index is 13.7. The molecule has 0 atom stereocenters. The molecule has 0 saturated heterocycles. The van der Waals surface area contributed by atoms with Crippen LogP contribution in [0.5, 0.6) is 0 Å². The molecule has 1 rings (SSSR count). The lowest BCUT2D eigenvalue weighted by atomic mass is 10.2. The molecule has 0 aromatic carbocycles. The second-order valence-corrected chi connectivity index (χ2v) is 4.76. The van der Waals surface area contributed by atoms with Crippen LogP contribution in [0.2, 0.25) is 0 Å². The molecule has 0 aliphatic carbocycles. The van der Waals surface area contributed by atoms with Crippen LogP contribution >= 0.6 is 0 Å². The third kappa shape index (κ3) is 4.73. The highest BCUT2D eigenvalue weighted by Crippen LogP contribution is 2.15. The first-order valence-electron chi connectivity index (χ1n) is 4.73. The number of hydrogen-bond donors (Lipinski definition) is 2. The second kappa shape index (κ2) is 5.85. The zero-order valence-corrected chi connectivity index (χ0v) is 10.2. The van der Waals surface area contributed by atoms with Crippen molar-refractivity contribution in [2.24, 2.45) is 0 Å². The molecule has 1 amide bonds. The lowest BCUT2D eigenvalue weighted by Gasteiger charge is -2.07. The second-order valence-electron chi connectivity index (χ2n) is 3.36. The van der Waals surface area contributed by atoms with Gasteiger partial charge in [0.15, 0.2) is 17.6 Å². The summed E-state index contributed by atoms with van der Waals surface area (Å²) in [6.45, 7) is 0.823. The lowest BCUT2D eigenvalue weighted by molar-refractivity contribution is -0.114. The van der Waals surface area contributed by atoms with Crippen LogP contribution in [0, 0.1) is 5.82 Å². The van der Waals surface area contributed by atoms with Crippen molar-refractivity contribution >= 4 is 21.8 Å². The van der Waals surface area contributed by atoms with E-state index in [1.165, 1.54) is 19.2 Å². The number of ether oxygens (including phenoxy) is 1. The lowest BCUT2D eigenvalue weighted by Crippen LogP contribution is -2.12. The van der Waals surface area contributed by atoms with E-state index in [4.69, 9.17) is 4.55 Å². The summed E-state index contributed by atoms with van der Waals surface area (Å²) < 4.78 is 47.5. The van der Waals surface area contributed by atoms with Gasteiger partial charge in [-0.25, -0.2) is 9.37 Å². The van der Waals surface area contributed by atoms with Crippen LogP contribution in [-0.4, -0.2) is 29.8 Å². The molecular formula is C9H11FN2O5S. The molecule has 1 aromatic rings. The van der Waals surface area contributed by atoms with Gasteiger partial charge in [0.1, 0.15) is 0 Å². The molecule has 0 saturated carbocycles. The minimum absolute atomic E-state index is 0.0115. The SMILES string of the molecule is CC(=O)Nc1nccc(COCS(=O)(=O)O)c1F. The molecule has 18 heavy (non-hydrogen) atoms. The van der Waals surface area contributed by atoms with E-state index in [1.54, 1.807) is 0 Å². The van der Waals surface area contributed by atoms with Gasteiger partial charge in [-0.05, 0) is 6.07 Å². The number of nitrogens with zero attached hydrogens (tertiary/aromatic N) is 1. The van der Waals surface area contributed by atoms with E-state index in [9.17, 15) is 17.6 Å². The van der Waals surface area contributed by atoms with Crippen molar-refractivity contribution in [3.63, 3.8) is 0 Å². The van der Waals surface area contributed by atoms with Crippen LogP contribution in [0.25, 0.3) is 0 Å². The number of aromatic nitrogens is 1. The number of hydrogen-bond acceptors (Lipinski definition) is 5. The standard InChI is InChI=1S/C9H11FN2O5S/c1-6(13)12-9-8(10)7(2-3-11-9)4-17-5-18(14,15)16/h2-3H,4-5H2,1H3,(H,11,12,13)(H,14,15,16). The molecule has 0 aliphatic rings. The fourth-order valence-corrected chi connectivity index (χ4v) is 1.40. The quantitative estimate of drug-likeness (QED) is 0.761. The van der Waals surface area contributed by atoms with Crippen LogP contribution in [0.15, 0.2) is 12.3 Å². The Bertz CT molecular complexity index is 546. The summed E-state index contributed by atoms with van der Waals surface area (Å²) in [5.41, 5.74) is 0.0115. The van der Waals surface area contributed by atoms with E-state index in [2.05, 4.69) is 15.0 Å². The normalized spacial score (nSPS) is 11.3. The summed E-state index contributed by atoms with van der Waals surface area (Å²) in [5, 5.41) is 2.17. The number of halogens is 1. The Morgan fingerprint density at radius 3 is 2.83 bits per heavy atom. The monoisotopic (exact) mass is 278 g/mol. The van der Waals surface area contributed by atoms with E-state index in [0.29, 0.717) is 0 Å². The van der Waals surface area contributed by atoms with Crippen LogP contribution in [0.3, 0.4) is 0 Å². The number of amides is 1. The number of rotatable bonds is 5. The zero-order valence-electron chi connectivity index (χ0n) is 9.38. The summed E-state index contributed by atoms with van der Waals surface area (Å²) in [7, 11) is -4.27. The third-order valence-corrected chi connectivity index (χ3v) is 2.22. The van der Waals surface area contributed by atoms with Gasteiger partial charge in [0.2, 0.25) is 5.91 Å². The van der Waals surface area contributed by atoms with Gasteiger partial charge in [-0.3, -0.25) is 9.35 Å². The average Bonchev–Trinajstić information content (AvgIpc) is 2.21. The van der Waals surface area contributed by atoms with Gasteiger partial charge in [-0.2, -0.15) is 8.42 Å². The van der Waals surface area contributed by atoms with Gasteiger partial charge in [0, 0.05) is 18.7 Å². The molecule has 0 bridgehead atoms. The van der Waals surface area contributed by atoms with Gasteiger partial charge in [-0.15, -0.1) is 0 Å². The van der Waals surface area contributed by atoms with Crippen molar-refractivity contribution < 1.29 is 26.9 Å². The van der Waals surface area contributed by atoms with E-state index >= 15 is 0 Å². The molecule has 0 fully saturated rings. The molecular weight excluding hydrogens is 267 g/mol. The summed E-state index contributed by atoms with van der Waals surface area (Å²) in [6.07, 6.45) is 1.24. The predicted molar refractivity (Wildman–Crippen MR) is 59.7 cm³/mol. The summed E-state index contributed by atoms with van der Waals surface area (Å²) in [4.78, 5) is 14.4. The van der Waals surface area contributed by atoms with E-state index in [0.717, 1.165) is 0 Å². The maximum Gasteiger partial charge on any atom is 0.289 e. The van der Waals surface area contributed by atoms with Crippen LogP contribution < -0.4 is 5.32 Å². The van der Waals surface area contributed by atoms with Crippen molar-refractivity contribution in [3.8, 4) is 0 Å². The summed E-state index contributed by atoms with van der Waals surface area (Å²) >= 11 is 0. The minimum Gasteiger partial charge on any atom is -0.358 e. The maximum atomic E-state index is 13.7. The zero-order chi connectivity index (χ0) is 13.8. The highest BCUT2D eigenvalue weighted by atomic mass is 32.2. The van der Waals surface area contributed by atoms with Gasteiger partial charge < -0.3 is 10.1 Å². The van der Waals surface area contributed by atoms with Gasteiger partial charge in [0.25, 0.3) is 10.1 Å². The van der Waals surface area contributed by atoms with Gasteiger partial charge >= 0.3 is 0 Å². The number of nitrogens with one attached hydrogen (secondary N) is 1. The van der Waals surface area contributed by atoms with E-state index < -0.39 is 27.8 Å².